The molecular weight excluding hydrogens is 423 g/mol. The van der Waals surface area contributed by atoms with Gasteiger partial charge in [-0.2, -0.15) is 0 Å². The predicted octanol–water partition coefficient (Wildman–Crippen LogP) is 0.816. The molecule has 2 saturated heterocycles. The van der Waals surface area contributed by atoms with Gasteiger partial charge < -0.3 is 14.6 Å². The van der Waals surface area contributed by atoms with Crippen molar-refractivity contribution in [2.24, 2.45) is 5.41 Å². The number of halogens is 1. The Labute approximate surface area is 143 Å². The Morgan fingerprint density at radius 2 is 2.29 bits per heavy atom. The van der Waals surface area contributed by atoms with Crippen LogP contribution in [0.4, 0.5) is 0 Å². The van der Waals surface area contributed by atoms with Crippen LogP contribution in [0.1, 0.15) is 0 Å². The Morgan fingerprint density at radius 1 is 1.62 bits per heavy atom. The van der Waals surface area contributed by atoms with Gasteiger partial charge in [-0.25, -0.2) is 0 Å². The normalized spacial score (nSPS) is 32.0. The molecule has 0 aromatic carbocycles. The molecule has 0 aliphatic carbocycles. The van der Waals surface area contributed by atoms with E-state index in [1.54, 1.807) is 16.7 Å². The Morgan fingerprint density at radius 3 is 2.81 bits per heavy atom. The molecule has 0 bridgehead atoms. The molecule has 2 rings (SSSR count). The maximum atomic E-state index is 12.5. The highest BCUT2D eigenvalue weighted by Crippen LogP contribution is 2.43. The fraction of sp³-hybridized carbons (Fsp3) is 0.750. The maximum Gasteiger partial charge on any atom is 0.302 e. The average molecular weight is 442 g/mol. The quantitative estimate of drug-likeness (QED) is 0.224. The molecule has 6 nitrogen and oxygen atoms in total. The van der Waals surface area contributed by atoms with Crippen molar-refractivity contribution in [2.45, 2.75) is 31.1 Å². The second-order valence-corrected chi connectivity index (χ2v) is 12.6. The van der Waals surface area contributed by atoms with E-state index in [1.807, 2.05) is 19.6 Å². The number of carbonyl (C=O) groups excluding carboxylic acids is 3. The van der Waals surface area contributed by atoms with Crippen LogP contribution in [-0.4, -0.2) is 59.6 Å². The Kier molecular flexibility index (Phi) is 4.93. The molecule has 21 heavy (non-hydrogen) atoms. The molecule has 2 fully saturated rings. The first-order valence-corrected chi connectivity index (χ1v) is 12.6. The van der Waals surface area contributed by atoms with Gasteiger partial charge in [0, 0.05) is 16.7 Å². The van der Waals surface area contributed by atoms with Crippen LogP contribution in [0.3, 0.4) is 0 Å². The number of hydrogen-bond donors (Lipinski definition) is 1. The van der Waals surface area contributed by atoms with Crippen LogP contribution < -0.4 is 5.32 Å². The summed E-state index contributed by atoms with van der Waals surface area (Å²) in [5.74, 6) is 0.306. The van der Waals surface area contributed by atoms with E-state index in [-0.39, 0.29) is 17.3 Å². The van der Waals surface area contributed by atoms with Gasteiger partial charge in [-0.15, -0.1) is 11.8 Å². The fourth-order valence-corrected chi connectivity index (χ4v) is 5.87. The minimum absolute atomic E-state index is 0.0570. The largest absolute Gasteiger partial charge is 0.519 e. The number of amides is 2. The van der Waals surface area contributed by atoms with Crippen molar-refractivity contribution in [1.82, 2.24) is 10.2 Å². The zero-order chi connectivity index (χ0) is 15.8. The summed E-state index contributed by atoms with van der Waals surface area (Å²) in [5, 5.41) is 2.48. The van der Waals surface area contributed by atoms with Crippen LogP contribution in [0.15, 0.2) is 0 Å². The number of carbonyl (C=O) groups is 3. The van der Waals surface area contributed by atoms with Gasteiger partial charge in [0.25, 0.3) is 0 Å². The number of β-lactam (4-membered cyclic amide) rings is 1. The first-order valence-electron chi connectivity index (χ1n) is 6.65. The Bertz CT molecular complexity index is 473. The van der Waals surface area contributed by atoms with Gasteiger partial charge in [0.05, 0.1) is 0 Å². The molecule has 0 aromatic rings. The number of nitrogens with one attached hydrogen (secondary N) is 1. The first kappa shape index (κ1) is 17.1. The number of nitrogens with zero attached hydrogens (tertiary/aromatic N) is 1. The molecule has 2 aliphatic rings. The molecule has 0 saturated carbocycles. The molecule has 0 spiro atoms. The molecule has 0 aromatic heterocycles. The number of alkyl halides is 1. The van der Waals surface area contributed by atoms with Crippen LogP contribution in [0.25, 0.3) is 0 Å². The standard InChI is InChI=1S/C12H19IN2O4SSi/c1-21(2,3)19-11(18)12(4-13)5-15-9(17)8(14-7-16)10(15)20-6-12/h7-8,10H,4-6H2,1-3H3,(H,14,16)/t8?,10-,12?/m1/s1. The van der Waals surface area contributed by atoms with E-state index in [0.717, 1.165) is 0 Å². The molecule has 2 unspecified atom stereocenters. The van der Waals surface area contributed by atoms with Crippen LogP contribution >= 0.6 is 34.4 Å². The molecular formula is C12H19IN2O4SSi. The van der Waals surface area contributed by atoms with Gasteiger partial charge in [0.2, 0.25) is 20.6 Å². The van der Waals surface area contributed by atoms with Gasteiger partial charge in [0.1, 0.15) is 16.8 Å². The highest BCUT2D eigenvalue weighted by atomic mass is 127. The van der Waals surface area contributed by atoms with E-state index in [0.29, 0.717) is 23.1 Å². The van der Waals surface area contributed by atoms with Crippen molar-refractivity contribution in [3.63, 3.8) is 0 Å². The summed E-state index contributed by atoms with van der Waals surface area (Å²) in [6.45, 7) is 6.31. The van der Waals surface area contributed by atoms with E-state index in [2.05, 4.69) is 27.9 Å². The molecule has 2 aliphatic heterocycles. The third-order valence-electron chi connectivity index (χ3n) is 3.48. The van der Waals surface area contributed by atoms with Gasteiger partial charge in [0.15, 0.2) is 0 Å². The first-order chi connectivity index (χ1) is 9.74. The number of fused-ring (bicyclic) bond motifs is 1. The second kappa shape index (κ2) is 6.07. The Hall–Kier alpha value is -0.293. The summed E-state index contributed by atoms with van der Waals surface area (Å²) in [7, 11) is -1.96. The van der Waals surface area contributed by atoms with Gasteiger partial charge in [-0.1, -0.05) is 22.6 Å². The monoisotopic (exact) mass is 442 g/mol. The lowest BCUT2D eigenvalue weighted by molar-refractivity contribution is -0.155. The zero-order valence-corrected chi connectivity index (χ0v) is 16.2. The Balaban J connectivity index is 2.10. The van der Waals surface area contributed by atoms with Gasteiger partial charge in [-0.3, -0.25) is 14.4 Å². The van der Waals surface area contributed by atoms with Crippen LogP contribution in [-0.2, 0) is 18.8 Å². The summed E-state index contributed by atoms with van der Waals surface area (Å²) < 4.78 is 6.28. The van der Waals surface area contributed by atoms with Crippen LogP contribution in [0.2, 0.25) is 19.6 Å². The van der Waals surface area contributed by atoms with Crippen molar-refractivity contribution >= 4 is 61.0 Å². The van der Waals surface area contributed by atoms with Crippen molar-refractivity contribution in [3.05, 3.63) is 0 Å². The number of rotatable bonds is 5. The van der Waals surface area contributed by atoms with Crippen molar-refractivity contribution in [2.75, 3.05) is 16.7 Å². The zero-order valence-electron chi connectivity index (χ0n) is 12.2. The second-order valence-electron chi connectivity index (χ2n) is 6.35. The van der Waals surface area contributed by atoms with Crippen LogP contribution in [0.5, 0.6) is 0 Å². The molecule has 1 N–H and O–H groups in total. The van der Waals surface area contributed by atoms with Crippen molar-refractivity contribution < 1.29 is 18.8 Å². The number of hydrogen-bond acceptors (Lipinski definition) is 5. The van der Waals surface area contributed by atoms with Crippen molar-refractivity contribution in [3.8, 4) is 0 Å². The van der Waals surface area contributed by atoms with E-state index >= 15 is 0 Å². The third-order valence-corrected chi connectivity index (χ3v) is 7.33. The molecule has 2 heterocycles. The lowest BCUT2D eigenvalue weighted by Crippen LogP contribution is -2.73. The van der Waals surface area contributed by atoms with E-state index < -0.39 is 19.8 Å². The number of thioether (sulfide) groups is 1. The van der Waals surface area contributed by atoms with E-state index in [1.165, 1.54) is 0 Å². The van der Waals surface area contributed by atoms with E-state index in [9.17, 15) is 14.4 Å². The summed E-state index contributed by atoms with van der Waals surface area (Å²) in [4.78, 5) is 36.8. The summed E-state index contributed by atoms with van der Waals surface area (Å²) in [6, 6.07) is -0.451. The summed E-state index contributed by atoms with van der Waals surface area (Å²) >= 11 is 3.73. The lowest BCUT2D eigenvalue weighted by atomic mass is 9.89. The average Bonchev–Trinajstić information content (AvgIpc) is 2.42. The topological polar surface area (TPSA) is 75.7 Å². The molecule has 0 radical (unpaired) electrons. The molecule has 3 atom stereocenters. The predicted molar refractivity (Wildman–Crippen MR) is 91.7 cm³/mol. The smallest absolute Gasteiger partial charge is 0.302 e. The summed E-state index contributed by atoms with van der Waals surface area (Å²) in [5.41, 5.74) is -0.635. The van der Waals surface area contributed by atoms with Gasteiger partial charge >= 0.3 is 5.97 Å². The van der Waals surface area contributed by atoms with Crippen LogP contribution in [0, 0.1) is 5.41 Å². The maximum absolute atomic E-state index is 12.5. The lowest BCUT2D eigenvalue weighted by Gasteiger charge is -2.53. The SMILES string of the molecule is C[Si](C)(C)OC(=O)C1(CI)CS[C@@H]2C(NC=O)C(=O)N2C1. The summed E-state index contributed by atoms with van der Waals surface area (Å²) in [6.07, 6.45) is 0.556. The fourth-order valence-electron chi connectivity index (χ4n) is 2.37. The molecule has 2 amide bonds. The highest BCUT2D eigenvalue weighted by molar-refractivity contribution is 14.1. The van der Waals surface area contributed by atoms with Gasteiger partial charge in [-0.05, 0) is 19.6 Å². The molecule has 118 valence electrons. The van der Waals surface area contributed by atoms with Crippen molar-refractivity contribution in [1.29, 1.82) is 0 Å². The minimum Gasteiger partial charge on any atom is -0.519 e. The highest BCUT2D eigenvalue weighted by Gasteiger charge is 2.57. The third kappa shape index (κ3) is 3.23. The molecule has 9 heteroatoms. The minimum atomic E-state index is -1.96. The van der Waals surface area contributed by atoms with E-state index in [4.69, 9.17) is 4.43 Å².